The van der Waals surface area contributed by atoms with Gasteiger partial charge in [0.2, 0.25) is 0 Å². The van der Waals surface area contributed by atoms with E-state index in [1.54, 1.807) is 0 Å². The lowest BCUT2D eigenvalue weighted by Gasteiger charge is -1.98. The molecule has 13 heavy (non-hydrogen) atoms. The van der Waals surface area contributed by atoms with Crippen molar-refractivity contribution in [3.8, 4) is 0 Å². The van der Waals surface area contributed by atoms with Gasteiger partial charge < -0.3 is 5.73 Å². The summed E-state index contributed by atoms with van der Waals surface area (Å²) in [5.41, 5.74) is 5.58. The summed E-state index contributed by atoms with van der Waals surface area (Å²) in [5.74, 6) is -0.165. The number of carbonyl (C=O) groups is 1. The summed E-state index contributed by atoms with van der Waals surface area (Å²) in [5, 5.41) is 10.3. The quantitative estimate of drug-likeness (QED) is 0.322. The van der Waals surface area contributed by atoms with Crippen molar-refractivity contribution in [3.63, 3.8) is 0 Å². The molecule has 68 valence electrons. The summed E-state index contributed by atoms with van der Waals surface area (Å²) in [6, 6.07) is 3.92. The van der Waals surface area contributed by atoms with Crippen molar-refractivity contribution in [1.82, 2.24) is 0 Å². The molecule has 2 N–H and O–H groups in total. The van der Waals surface area contributed by atoms with Crippen LogP contribution < -0.4 is 5.73 Å². The highest BCUT2D eigenvalue weighted by Crippen LogP contribution is 2.21. The van der Waals surface area contributed by atoms with E-state index < -0.39 is 4.92 Å². The van der Waals surface area contributed by atoms with E-state index in [4.69, 9.17) is 5.73 Å². The van der Waals surface area contributed by atoms with E-state index >= 15 is 0 Å². The molecule has 0 bridgehead atoms. The average molecular weight is 180 g/mol. The minimum atomic E-state index is -0.584. The minimum Gasteiger partial charge on any atom is -0.393 e. The Labute approximate surface area is 74.3 Å². The molecule has 1 aromatic carbocycles. The summed E-state index contributed by atoms with van der Waals surface area (Å²) >= 11 is 0. The van der Waals surface area contributed by atoms with Crippen molar-refractivity contribution < 1.29 is 9.72 Å². The third kappa shape index (κ3) is 1.81. The van der Waals surface area contributed by atoms with Crippen LogP contribution in [-0.4, -0.2) is 10.7 Å². The molecule has 0 atom stereocenters. The number of ketones is 1. The van der Waals surface area contributed by atoms with Crippen LogP contribution in [0.5, 0.6) is 0 Å². The smallest absolute Gasteiger partial charge is 0.292 e. The lowest BCUT2D eigenvalue weighted by Crippen LogP contribution is -1.99. The highest BCUT2D eigenvalue weighted by atomic mass is 16.6. The summed E-state index contributed by atoms with van der Waals surface area (Å²) < 4.78 is 0. The van der Waals surface area contributed by atoms with Crippen LogP contribution in [0, 0.1) is 10.1 Å². The van der Waals surface area contributed by atoms with Crippen LogP contribution in [0.1, 0.15) is 17.3 Å². The third-order valence-corrected chi connectivity index (χ3v) is 1.63. The monoisotopic (exact) mass is 180 g/mol. The van der Waals surface area contributed by atoms with Crippen molar-refractivity contribution in [2.75, 3.05) is 5.73 Å². The van der Waals surface area contributed by atoms with Gasteiger partial charge in [-0.05, 0) is 19.1 Å². The van der Waals surface area contributed by atoms with Crippen molar-refractivity contribution in [2.24, 2.45) is 0 Å². The number of nitrogen functional groups attached to an aromatic ring is 1. The van der Waals surface area contributed by atoms with Crippen molar-refractivity contribution >= 4 is 17.2 Å². The normalized spacial score (nSPS) is 9.62. The second-order valence-corrected chi connectivity index (χ2v) is 2.59. The molecule has 1 rings (SSSR count). The third-order valence-electron chi connectivity index (χ3n) is 1.63. The molecule has 0 fully saturated rings. The van der Waals surface area contributed by atoms with Crippen LogP contribution in [0.4, 0.5) is 11.4 Å². The van der Waals surface area contributed by atoms with Gasteiger partial charge in [0.05, 0.1) is 4.92 Å². The van der Waals surface area contributed by atoms with Crippen molar-refractivity contribution in [1.29, 1.82) is 0 Å². The second-order valence-electron chi connectivity index (χ2n) is 2.59. The molecule has 0 spiro atoms. The first-order valence-corrected chi connectivity index (χ1v) is 3.57. The number of anilines is 1. The molecule has 0 saturated carbocycles. The molecule has 0 aromatic heterocycles. The van der Waals surface area contributed by atoms with Gasteiger partial charge in [-0.3, -0.25) is 14.9 Å². The van der Waals surface area contributed by atoms with Crippen LogP contribution in [0.3, 0.4) is 0 Å². The van der Waals surface area contributed by atoms with Gasteiger partial charge in [-0.25, -0.2) is 0 Å². The summed E-state index contributed by atoms with van der Waals surface area (Å²) in [7, 11) is 0. The number of hydrogen-bond acceptors (Lipinski definition) is 4. The lowest BCUT2D eigenvalue weighted by atomic mass is 10.1. The van der Waals surface area contributed by atoms with E-state index in [1.165, 1.54) is 25.1 Å². The number of carbonyl (C=O) groups excluding carboxylic acids is 1. The molecular formula is C8H8N2O3. The summed E-state index contributed by atoms with van der Waals surface area (Å²) in [6.07, 6.45) is 0. The molecule has 0 heterocycles. The fourth-order valence-corrected chi connectivity index (χ4v) is 0.940. The van der Waals surface area contributed by atoms with Gasteiger partial charge in [-0.15, -0.1) is 0 Å². The Morgan fingerprint density at radius 2 is 2.15 bits per heavy atom. The van der Waals surface area contributed by atoms with Gasteiger partial charge in [-0.2, -0.15) is 0 Å². The summed E-state index contributed by atoms with van der Waals surface area (Å²) in [4.78, 5) is 20.6. The first kappa shape index (κ1) is 9.18. The van der Waals surface area contributed by atoms with E-state index in [1.807, 2.05) is 0 Å². The molecule has 0 aliphatic heterocycles. The number of benzene rings is 1. The van der Waals surface area contributed by atoms with Crippen LogP contribution in [-0.2, 0) is 0 Å². The number of rotatable bonds is 2. The van der Waals surface area contributed by atoms with Gasteiger partial charge in [0.15, 0.2) is 5.78 Å². The zero-order valence-electron chi connectivity index (χ0n) is 6.98. The highest BCUT2D eigenvalue weighted by molar-refractivity contribution is 5.95. The van der Waals surface area contributed by atoms with Gasteiger partial charge in [0.25, 0.3) is 5.69 Å². The Kier molecular flexibility index (Phi) is 2.27. The highest BCUT2D eigenvalue weighted by Gasteiger charge is 2.12. The first-order chi connectivity index (χ1) is 6.02. The molecule has 5 heteroatoms. The predicted octanol–water partition coefficient (Wildman–Crippen LogP) is 1.38. The molecule has 0 aliphatic rings. The average Bonchev–Trinajstić information content (AvgIpc) is 2.03. The Morgan fingerprint density at radius 1 is 1.54 bits per heavy atom. The molecule has 0 unspecified atom stereocenters. The van der Waals surface area contributed by atoms with Crippen LogP contribution in [0.15, 0.2) is 18.2 Å². The molecule has 0 saturated heterocycles. The van der Waals surface area contributed by atoms with Crippen LogP contribution in [0.25, 0.3) is 0 Å². The molecule has 0 radical (unpaired) electrons. The van der Waals surface area contributed by atoms with Crippen LogP contribution in [0.2, 0.25) is 0 Å². The Bertz CT molecular complexity index is 374. The number of hydrogen-bond donors (Lipinski definition) is 1. The Morgan fingerprint density at radius 3 is 2.54 bits per heavy atom. The molecule has 0 aliphatic carbocycles. The maximum atomic E-state index is 10.9. The van der Waals surface area contributed by atoms with Gasteiger partial charge in [0.1, 0.15) is 5.69 Å². The molecule has 1 aromatic rings. The van der Waals surface area contributed by atoms with Gasteiger partial charge >= 0.3 is 0 Å². The number of Topliss-reactive ketones (excluding diaryl/α,β-unsaturated/α-hetero) is 1. The summed E-state index contributed by atoms with van der Waals surface area (Å²) in [6.45, 7) is 1.38. The van der Waals surface area contributed by atoms with Gasteiger partial charge in [0, 0.05) is 11.6 Å². The van der Waals surface area contributed by atoms with E-state index in [-0.39, 0.29) is 17.2 Å². The first-order valence-electron chi connectivity index (χ1n) is 3.57. The molecule has 5 nitrogen and oxygen atoms in total. The Balaban J connectivity index is 3.20. The van der Waals surface area contributed by atoms with E-state index in [0.717, 1.165) is 0 Å². The fraction of sp³-hybridized carbons (Fsp3) is 0.125. The van der Waals surface area contributed by atoms with E-state index in [9.17, 15) is 14.9 Å². The van der Waals surface area contributed by atoms with E-state index in [2.05, 4.69) is 0 Å². The topological polar surface area (TPSA) is 86.2 Å². The number of nitrogens with two attached hydrogens (primary N) is 1. The fourth-order valence-electron chi connectivity index (χ4n) is 0.940. The number of nitrogens with zero attached hydrogens (tertiary/aromatic N) is 1. The SMILES string of the molecule is CC(=O)c1ccc([N+](=O)[O-])c(N)c1. The van der Waals surface area contributed by atoms with E-state index in [0.29, 0.717) is 5.56 Å². The standard InChI is InChI=1S/C8H8N2O3/c1-5(11)6-2-3-8(10(12)13)7(9)4-6/h2-4H,9H2,1H3. The maximum absolute atomic E-state index is 10.9. The Hall–Kier alpha value is -1.91. The number of nitro groups is 1. The van der Waals surface area contributed by atoms with Gasteiger partial charge in [-0.1, -0.05) is 0 Å². The second kappa shape index (κ2) is 3.22. The predicted molar refractivity (Wildman–Crippen MR) is 47.5 cm³/mol. The largest absolute Gasteiger partial charge is 0.393 e. The lowest BCUT2D eigenvalue weighted by molar-refractivity contribution is -0.383. The molecule has 0 amide bonds. The zero-order valence-corrected chi connectivity index (χ0v) is 6.98. The van der Waals surface area contributed by atoms with Crippen molar-refractivity contribution in [2.45, 2.75) is 6.92 Å². The van der Waals surface area contributed by atoms with Crippen molar-refractivity contribution in [3.05, 3.63) is 33.9 Å². The zero-order chi connectivity index (χ0) is 10.0. The minimum absolute atomic E-state index is 0.0118. The number of nitro benzene ring substituents is 1. The van der Waals surface area contributed by atoms with Crippen LogP contribution >= 0.6 is 0 Å². The molecular weight excluding hydrogens is 172 g/mol. The maximum Gasteiger partial charge on any atom is 0.292 e.